The van der Waals surface area contributed by atoms with E-state index in [2.05, 4.69) is 23.3 Å². The summed E-state index contributed by atoms with van der Waals surface area (Å²) in [7, 11) is 0. The van der Waals surface area contributed by atoms with E-state index in [1.165, 1.54) is 0 Å². The van der Waals surface area contributed by atoms with E-state index in [4.69, 9.17) is 14.8 Å². The standard InChI is InChI=1S/C21H24N2O2/c1-2-8-17-9-3-6-12-20(17)25-16-14-23-19-11-5-4-10-18(19)22-21(23)13-7-15-24/h2-6,9-12,24H,1,7-8,13-16H2. The number of allylic oxidation sites excluding steroid dienone is 1. The topological polar surface area (TPSA) is 47.3 Å². The Kier molecular flexibility index (Phi) is 5.86. The quantitative estimate of drug-likeness (QED) is 0.605. The van der Waals surface area contributed by atoms with Crippen LogP contribution < -0.4 is 4.74 Å². The average Bonchev–Trinajstić information content (AvgIpc) is 2.99. The van der Waals surface area contributed by atoms with Crippen molar-refractivity contribution in [2.75, 3.05) is 13.2 Å². The number of aliphatic hydroxyl groups is 1. The van der Waals surface area contributed by atoms with Crippen LogP contribution in [-0.4, -0.2) is 27.9 Å². The predicted octanol–water partition coefficient (Wildman–Crippen LogP) is 3.77. The molecule has 0 radical (unpaired) electrons. The van der Waals surface area contributed by atoms with E-state index in [1.807, 2.05) is 42.5 Å². The molecule has 0 bridgehead atoms. The van der Waals surface area contributed by atoms with Gasteiger partial charge in [-0.15, -0.1) is 6.58 Å². The largest absolute Gasteiger partial charge is 0.491 e. The molecule has 0 amide bonds. The molecule has 0 fully saturated rings. The Labute approximate surface area is 148 Å². The lowest BCUT2D eigenvalue weighted by Crippen LogP contribution is -2.12. The van der Waals surface area contributed by atoms with Crippen LogP contribution in [-0.2, 0) is 19.4 Å². The molecule has 4 heteroatoms. The van der Waals surface area contributed by atoms with Crippen LogP contribution in [0.2, 0.25) is 0 Å². The second kappa shape index (κ2) is 8.49. The Balaban J connectivity index is 1.75. The summed E-state index contributed by atoms with van der Waals surface area (Å²) < 4.78 is 8.22. The Hall–Kier alpha value is -2.59. The molecule has 0 saturated heterocycles. The van der Waals surface area contributed by atoms with Crippen molar-refractivity contribution in [3.63, 3.8) is 0 Å². The van der Waals surface area contributed by atoms with Gasteiger partial charge in [0.05, 0.1) is 17.6 Å². The summed E-state index contributed by atoms with van der Waals surface area (Å²) in [6.07, 6.45) is 4.16. The van der Waals surface area contributed by atoms with E-state index in [0.29, 0.717) is 13.0 Å². The van der Waals surface area contributed by atoms with E-state index in [-0.39, 0.29) is 6.61 Å². The van der Waals surface area contributed by atoms with Crippen LogP contribution in [0.3, 0.4) is 0 Å². The summed E-state index contributed by atoms with van der Waals surface area (Å²) in [5.74, 6) is 1.90. The van der Waals surface area contributed by atoms with Crippen molar-refractivity contribution < 1.29 is 9.84 Å². The van der Waals surface area contributed by atoms with E-state index >= 15 is 0 Å². The molecule has 0 unspecified atom stereocenters. The number of nitrogens with zero attached hydrogens (tertiary/aromatic N) is 2. The van der Waals surface area contributed by atoms with Crippen LogP contribution in [0.1, 0.15) is 17.8 Å². The minimum Gasteiger partial charge on any atom is -0.491 e. The first-order chi connectivity index (χ1) is 12.3. The molecule has 2 aromatic carbocycles. The van der Waals surface area contributed by atoms with Gasteiger partial charge in [-0.3, -0.25) is 0 Å². The van der Waals surface area contributed by atoms with Gasteiger partial charge in [-0.2, -0.15) is 0 Å². The third-order valence-corrected chi connectivity index (χ3v) is 4.20. The summed E-state index contributed by atoms with van der Waals surface area (Å²) in [6.45, 7) is 5.28. The van der Waals surface area contributed by atoms with Gasteiger partial charge in [-0.1, -0.05) is 36.4 Å². The Morgan fingerprint density at radius 2 is 1.92 bits per heavy atom. The van der Waals surface area contributed by atoms with E-state index < -0.39 is 0 Å². The number of imidazole rings is 1. The lowest BCUT2D eigenvalue weighted by atomic mass is 10.1. The molecule has 0 aliphatic heterocycles. The SMILES string of the molecule is C=CCc1ccccc1OCCn1c(CCCO)nc2ccccc21. The van der Waals surface area contributed by atoms with Crippen molar-refractivity contribution in [2.45, 2.75) is 25.8 Å². The molecule has 3 rings (SSSR count). The van der Waals surface area contributed by atoms with Crippen LogP contribution in [0.15, 0.2) is 61.2 Å². The summed E-state index contributed by atoms with van der Waals surface area (Å²) in [5, 5.41) is 9.13. The Morgan fingerprint density at radius 3 is 2.76 bits per heavy atom. The fourth-order valence-corrected chi connectivity index (χ4v) is 3.02. The fourth-order valence-electron chi connectivity index (χ4n) is 3.02. The molecule has 4 nitrogen and oxygen atoms in total. The predicted molar refractivity (Wildman–Crippen MR) is 101 cm³/mol. The number of benzene rings is 2. The monoisotopic (exact) mass is 336 g/mol. The number of aryl methyl sites for hydroxylation is 1. The highest BCUT2D eigenvalue weighted by Crippen LogP contribution is 2.20. The van der Waals surface area contributed by atoms with Crippen molar-refractivity contribution in [3.05, 3.63) is 72.6 Å². The minimum absolute atomic E-state index is 0.175. The molecule has 1 heterocycles. The lowest BCUT2D eigenvalue weighted by Gasteiger charge is -2.13. The molecule has 0 atom stereocenters. The number of aliphatic hydroxyl groups excluding tert-OH is 1. The van der Waals surface area contributed by atoms with Crippen LogP contribution >= 0.6 is 0 Å². The summed E-state index contributed by atoms with van der Waals surface area (Å²) in [5.41, 5.74) is 3.24. The van der Waals surface area contributed by atoms with Crippen LogP contribution in [0.4, 0.5) is 0 Å². The van der Waals surface area contributed by atoms with Crippen LogP contribution in [0, 0.1) is 0 Å². The van der Waals surface area contributed by atoms with E-state index in [9.17, 15) is 0 Å². The average molecular weight is 336 g/mol. The first-order valence-electron chi connectivity index (χ1n) is 8.70. The Bertz CT molecular complexity index is 839. The number of hydrogen-bond donors (Lipinski definition) is 1. The van der Waals surface area contributed by atoms with E-state index in [0.717, 1.165) is 47.6 Å². The summed E-state index contributed by atoms with van der Waals surface area (Å²) in [6, 6.07) is 16.2. The molecule has 0 saturated carbocycles. The smallest absolute Gasteiger partial charge is 0.122 e. The van der Waals surface area contributed by atoms with Crippen LogP contribution in [0.5, 0.6) is 5.75 Å². The molecular weight excluding hydrogens is 312 g/mol. The summed E-state index contributed by atoms with van der Waals surface area (Å²) >= 11 is 0. The third kappa shape index (κ3) is 4.09. The third-order valence-electron chi connectivity index (χ3n) is 4.20. The molecule has 0 aliphatic carbocycles. The second-order valence-corrected chi connectivity index (χ2v) is 5.94. The maximum absolute atomic E-state index is 9.13. The van der Waals surface area contributed by atoms with Crippen LogP contribution in [0.25, 0.3) is 11.0 Å². The van der Waals surface area contributed by atoms with Gasteiger partial charge in [-0.05, 0) is 36.6 Å². The van der Waals surface area contributed by atoms with Gasteiger partial charge in [0.25, 0.3) is 0 Å². The lowest BCUT2D eigenvalue weighted by molar-refractivity contribution is 0.282. The van der Waals surface area contributed by atoms with Gasteiger partial charge in [-0.25, -0.2) is 4.98 Å². The number of para-hydroxylation sites is 3. The first kappa shape index (κ1) is 17.2. The molecule has 130 valence electrons. The van der Waals surface area contributed by atoms with Crippen molar-refractivity contribution in [3.8, 4) is 5.75 Å². The van der Waals surface area contributed by atoms with Crippen molar-refractivity contribution in [2.24, 2.45) is 0 Å². The number of aromatic nitrogens is 2. The van der Waals surface area contributed by atoms with Gasteiger partial charge < -0.3 is 14.4 Å². The molecule has 1 aromatic heterocycles. The van der Waals surface area contributed by atoms with Crippen molar-refractivity contribution >= 4 is 11.0 Å². The number of hydrogen-bond acceptors (Lipinski definition) is 3. The molecule has 25 heavy (non-hydrogen) atoms. The van der Waals surface area contributed by atoms with Gasteiger partial charge in [0, 0.05) is 13.0 Å². The minimum atomic E-state index is 0.175. The highest BCUT2D eigenvalue weighted by atomic mass is 16.5. The van der Waals surface area contributed by atoms with Gasteiger partial charge in [0.1, 0.15) is 18.2 Å². The molecule has 3 aromatic rings. The zero-order valence-corrected chi connectivity index (χ0v) is 14.4. The maximum atomic E-state index is 9.13. The molecule has 0 spiro atoms. The maximum Gasteiger partial charge on any atom is 0.122 e. The number of fused-ring (bicyclic) bond motifs is 1. The highest BCUT2D eigenvalue weighted by Gasteiger charge is 2.10. The highest BCUT2D eigenvalue weighted by molar-refractivity contribution is 5.75. The zero-order chi connectivity index (χ0) is 17.5. The van der Waals surface area contributed by atoms with Gasteiger partial charge in [0.2, 0.25) is 0 Å². The van der Waals surface area contributed by atoms with Crippen molar-refractivity contribution in [1.29, 1.82) is 0 Å². The zero-order valence-electron chi connectivity index (χ0n) is 14.4. The van der Waals surface area contributed by atoms with E-state index in [1.54, 1.807) is 0 Å². The van der Waals surface area contributed by atoms with Gasteiger partial charge >= 0.3 is 0 Å². The summed E-state index contributed by atoms with van der Waals surface area (Å²) in [4.78, 5) is 4.71. The van der Waals surface area contributed by atoms with Gasteiger partial charge in [0.15, 0.2) is 0 Å². The number of rotatable bonds is 9. The Morgan fingerprint density at radius 1 is 1.12 bits per heavy atom. The van der Waals surface area contributed by atoms with Crippen molar-refractivity contribution in [1.82, 2.24) is 9.55 Å². The molecule has 0 aliphatic rings. The normalized spacial score (nSPS) is 10.9. The fraction of sp³-hybridized carbons (Fsp3) is 0.286. The molecular formula is C21H24N2O2. The molecule has 1 N–H and O–H groups in total. The second-order valence-electron chi connectivity index (χ2n) is 5.94. The number of ether oxygens (including phenoxy) is 1. The first-order valence-corrected chi connectivity index (χ1v) is 8.70.